The van der Waals surface area contributed by atoms with E-state index in [0.29, 0.717) is 6.04 Å². The fourth-order valence-corrected chi connectivity index (χ4v) is 2.23. The largest absolute Gasteiger partial charge is 0.337 e. The number of likely N-dealkylation sites (N-methyl/N-ethyl adjacent to an activating group) is 1. The first kappa shape index (κ1) is 12.1. The van der Waals surface area contributed by atoms with Gasteiger partial charge in [-0.25, -0.2) is 0 Å². The minimum absolute atomic E-state index is 0.124. The second-order valence-electron chi connectivity index (χ2n) is 4.78. The Bertz CT molecular complexity index is 380. The monoisotopic (exact) mass is 232 g/mol. The van der Waals surface area contributed by atoms with Gasteiger partial charge >= 0.3 is 0 Å². The lowest BCUT2D eigenvalue weighted by Crippen LogP contribution is -2.46. The summed E-state index contributed by atoms with van der Waals surface area (Å²) < 4.78 is 0. The number of nitrogens with one attached hydrogen (secondary N) is 1. The van der Waals surface area contributed by atoms with Gasteiger partial charge in [-0.1, -0.05) is 17.7 Å². The smallest absolute Gasteiger partial charge is 0.253 e. The molecule has 1 aliphatic rings. The summed E-state index contributed by atoms with van der Waals surface area (Å²) in [5.74, 6) is 0.124. The fourth-order valence-electron chi connectivity index (χ4n) is 2.23. The van der Waals surface area contributed by atoms with Gasteiger partial charge in [0.1, 0.15) is 0 Å². The van der Waals surface area contributed by atoms with Gasteiger partial charge in [0.2, 0.25) is 0 Å². The highest BCUT2D eigenvalue weighted by Gasteiger charge is 2.22. The summed E-state index contributed by atoms with van der Waals surface area (Å²) in [6.45, 7) is 4.01. The zero-order valence-corrected chi connectivity index (χ0v) is 10.6. The zero-order chi connectivity index (χ0) is 12.3. The quantitative estimate of drug-likeness (QED) is 0.843. The topological polar surface area (TPSA) is 32.3 Å². The SMILES string of the molecule is Cc1ccc(C(=O)N(C)[C@H]2CCCNC2)cc1. The Morgan fingerprint density at radius 3 is 2.65 bits per heavy atom. The number of amides is 1. The Kier molecular flexibility index (Phi) is 3.79. The average Bonchev–Trinajstić information content (AvgIpc) is 2.39. The van der Waals surface area contributed by atoms with Crippen LogP contribution >= 0.6 is 0 Å². The van der Waals surface area contributed by atoms with Gasteiger partial charge in [-0.2, -0.15) is 0 Å². The van der Waals surface area contributed by atoms with Gasteiger partial charge in [0.25, 0.3) is 5.91 Å². The molecular formula is C14H20N2O. The molecule has 1 aromatic rings. The highest BCUT2D eigenvalue weighted by Crippen LogP contribution is 2.13. The molecule has 0 saturated carbocycles. The molecular weight excluding hydrogens is 212 g/mol. The van der Waals surface area contributed by atoms with Crippen molar-refractivity contribution < 1.29 is 4.79 Å². The summed E-state index contributed by atoms with van der Waals surface area (Å²) in [5, 5.41) is 3.34. The first-order valence-electron chi connectivity index (χ1n) is 6.23. The molecule has 2 rings (SSSR count). The van der Waals surface area contributed by atoms with E-state index < -0.39 is 0 Å². The molecule has 1 saturated heterocycles. The molecule has 0 aliphatic carbocycles. The predicted octanol–water partition coefficient (Wildman–Crippen LogP) is 1.82. The number of piperidine rings is 1. The third kappa shape index (κ3) is 2.86. The average molecular weight is 232 g/mol. The van der Waals surface area contributed by atoms with E-state index in [1.54, 1.807) is 0 Å². The van der Waals surface area contributed by atoms with Crippen LogP contribution in [-0.4, -0.2) is 37.0 Å². The van der Waals surface area contributed by atoms with Crippen LogP contribution in [0.15, 0.2) is 24.3 Å². The van der Waals surface area contributed by atoms with E-state index in [9.17, 15) is 4.79 Å². The molecule has 1 aliphatic heterocycles. The number of rotatable bonds is 2. The summed E-state index contributed by atoms with van der Waals surface area (Å²) in [5.41, 5.74) is 1.97. The highest BCUT2D eigenvalue weighted by molar-refractivity contribution is 5.94. The lowest BCUT2D eigenvalue weighted by molar-refractivity contribution is 0.0708. The molecule has 92 valence electrons. The van der Waals surface area contributed by atoms with E-state index in [1.165, 1.54) is 5.56 Å². The minimum Gasteiger partial charge on any atom is -0.337 e. The molecule has 0 aromatic heterocycles. The van der Waals surface area contributed by atoms with Crippen molar-refractivity contribution in [2.75, 3.05) is 20.1 Å². The molecule has 1 N–H and O–H groups in total. The third-order valence-corrected chi connectivity index (χ3v) is 3.44. The van der Waals surface area contributed by atoms with E-state index >= 15 is 0 Å². The Morgan fingerprint density at radius 1 is 1.35 bits per heavy atom. The number of nitrogens with zero attached hydrogens (tertiary/aromatic N) is 1. The van der Waals surface area contributed by atoms with Crippen molar-refractivity contribution in [1.29, 1.82) is 0 Å². The van der Waals surface area contributed by atoms with Crippen LogP contribution in [0, 0.1) is 6.92 Å². The number of carbonyl (C=O) groups is 1. The van der Waals surface area contributed by atoms with Gasteiger partial charge in [0.05, 0.1) is 0 Å². The lowest BCUT2D eigenvalue weighted by Gasteiger charge is -2.31. The summed E-state index contributed by atoms with van der Waals surface area (Å²) in [6.07, 6.45) is 2.25. The van der Waals surface area contributed by atoms with Crippen molar-refractivity contribution in [1.82, 2.24) is 10.2 Å². The second kappa shape index (κ2) is 5.32. The molecule has 1 amide bonds. The van der Waals surface area contributed by atoms with Crippen molar-refractivity contribution in [3.63, 3.8) is 0 Å². The molecule has 1 heterocycles. The van der Waals surface area contributed by atoms with Crippen LogP contribution in [0.25, 0.3) is 0 Å². The molecule has 3 nitrogen and oxygen atoms in total. The molecule has 1 fully saturated rings. The van der Waals surface area contributed by atoms with Crippen LogP contribution in [0.1, 0.15) is 28.8 Å². The maximum absolute atomic E-state index is 12.3. The van der Waals surface area contributed by atoms with E-state index in [2.05, 4.69) is 5.32 Å². The Morgan fingerprint density at radius 2 is 2.06 bits per heavy atom. The molecule has 0 unspecified atom stereocenters. The van der Waals surface area contributed by atoms with E-state index in [1.807, 2.05) is 43.1 Å². The van der Waals surface area contributed by atoms with Crippen LogP contribution in [0.2, 0.25) is 0 Å². The summed E-state index contributed by atoms with van der Waals surface area (Å²) >= 11 is 0. The molecule has 0 bridgehead atoms. The van der Waals surface area contributed by atoms with Crippen molar-refractivity contribution in [2.24, 2.45) is 0 Å². The normalized spacial score (nSPS) is 20.0. The van der Waals surface area contributed by atoms with Crippen molar-refractivity contribution >= 4 is 5.91 Å². The Balaban J connectivity index is 2.05. The number of hydrogen-bond acceptors (Lipinski definition) is 2. The van der Waals surface area contributed by atoms with Gasteiger partial charge in [0.15, 0.2) is 0 Å². The van der Waals surface area contributed by atoms with Gasteiger partial charge in [-0.15, -0.1) is 0 Å². The number of carbonyl (C=O) groups excluding carboxylic acids is 1. The summed E-state index contributed by atoms with van der Waals surface area (Å²) in [4.78, 5) is 14.1. The van der Waals surface area contributed by atoms with Crippen LogP contribution in [0.5, 0.6) is 0 Å². The van der Waals surface area contributed by atoms with Gasteiger partial charge < -0.3 is 10.2 Å². The van der Waals surface area contributed by atoms with Gasteiger partial charge in [-0.05, 0) is 38.4 Å². The maximum atomic E-state index is 12.3. The minimum atomic E-state index is 0.124. The molecule has 3 heteroatoms. The fraction of sp³-hybridized carbons (Fsp3) is 0.500. The van der Waals surface area contributed by atoms with Gasteiger partial charge in [0, 0.05) is 25.2 Å². The molecule has 17 heavy (non-hydrogen) atoms. The lowest BCUT2D eigenvalue weighted by atomic mass is 10.0. The highest BCUT2D eigenvalue weighted by atomic mass is 16.2. The standard InChI is InChI=1S/C14H20N2O/c1-11-5-7-12(8-6-11)14(17)16(2)13-4-3-9-15-10-13/h5-8,13,15H,3-4,9-10H2,1-2H3/t13-/m0/s1. The summed E-state index contributed by atoms with van der Waals surface area (Å²) in [6, 6.07) is 8.12. The number of hydrogen-bond donors (Lipinski definition) is 1. The molecule has 1 aromatic carbocycles. The molecule has 0 spiro atoms. The van der Waals surface area contributed by atoms with Crippen molar-refractivity contribution in [3.8, 4) is 0 Å². The maximum Gasteiger partial charge on any atom is 0.253 e. The molecule has 0 radical (unpaired) electrons. The first-order valence-corrected chi connectivity index (χ1v) is 6.23. The zero-order valence-electron chi connectivity index (χ0n) is 10.6. The van der Waals surface area contributed by atoms with Crippen molar-refractivity contribution in [2.45, 2.75) is 25.8 Å². The number of aryl methyl sites for hydroxylation is 1. The summed E-state index contributed by atoms with van der Waals surface area (Å²) in [7, 11) is 1.90. The first-order chi connectivity index (χ1) is 8.18. The third-order valence-electron chi connectivity index (χ3n) is 3.44. The van der Waals surface area contributed by atoms with E-state index in [4.69, 9.17) is 0 Å². The van der Waals surface area contributed by atoms with Crippen molar-refractivity contribution in [3.05, 3.63) is 35.4 Å². The van der Waals surface area contributed by atoms with Crippen LogP contribution in [0.3, 0.4) is 0 Å². The predicted molar refractivity (Wildman–Crippen MR) is 69.2 cm³/mol. The Labute approximate surface area is 103 Å². The van der Waals surface area contributed by atoms with Crippen LogP contribution in [0.4, 0.5) is 0 Å². The van der Waals surface area contributed by atoms with Gasteiger partial charge in [-0.3, -0.25) is 4.79 Å². The van der Waals surface area contributed by atoms with Crippen LogP contribution in [-0.2, 0) is 0 Å². The number of benzene rings is 1. The second-order valence-corrected chi connectivity index (χ2v) is 4.78. The van der Waals surface area contributed by atoms with E-state index in [-0.39, 0.29) is 5.91 Å². The molecule has 1 atom stereocenters. The van der Waals surface area contributed by atoms with Crippen LogP contribution < -0.4 is 5.32 Å². The van der Waals surface area contributed by atoms with E-state index in [0.717, 1.165) is 31.5 Å². The Hall–Kier alpha value is -1.35.